The molecule has 0 saturated carbocycles. The van der Waals surface area contributed by atoms with Crippen LogP contribution in [0.5, 0.6) is 0 Å². The summed E-state index contributed by atoms with van der Waals surface area (Å²) in [6.45, 7) is 4.41. The Morgan fingerprint density at radius 3 is 2.59 bits per heavy atom. The summed E-state index contributed by atoms with van der Waals surface area (Å²) in [5.41, 5.74) is 2.36. The van der Waals surface area contributed by atoms with Gasteiger partial charge in [-0.1, -0.05) is 36.8 Å². The number of piperidine rings is 1. The van der Waals surface area contributed by atoms with E-state index in [2.05, 4.69) is 62.2 Å². The molecule has 0 aliphatic carbocycles. The highest BCUT2D eigenvalue weighted by molar-refractivity contribution is 14.0. The number of furan rings is 1. The van der Waals surface area contributed by atoms with Crippen molar-refractivity contribution in [2.45, 2.75) is 38.4 Å². The molecule has 7 nitrogen and oxygen atoms in total. The van der Waals surface area contributed by atoms with Gasteiger partial charge >= 0.3 is 0 Å². The Labute approximate surface area is 207 Å². The molecule has 1 aliphatic heterocycles. The average molecular weight is 548 g/mol. The number of halogens is 1. The van der Waals surface area contributed by atoms with Crippen molar-refractivity contribution >= 4 is 29.9 Å². The van der Waals surface area contributed by atoms with Gasteiger partial charge in [0.1, 0.15) is 5.76 Å². The van der Waals surface area contributed by atoms with Crippen LogP contribution in [0.4, 0.5) is 0 Å². The van der Waals surface area contributed by atoms with Crippen molar-refractivity contribution in [3.05, 3.63) is 78.0 Å². The SMILES string of the molecule is CN=C(NCc1cnn(Cc2ccccc2)c1)NCC(c1ccco1)N1CCCCC1.I. The van der Waals surface area contributed by atoms with Crippen LogP contribution in [0, 0.1) is 0 Å². The number of rotatable bonds is 8. The second-order valence-electron chi connectivity index (χ2n) is 7.97. The lowest BCUT2D eigenvalue weighted by molar-refractivity contribution is 0.146. The fourth-order valence-electron chi connectivity index (χ4n) is 4.07. The van der Waals surface area contributed by atoms with E-state index < -0.39 is 0 Å². The minimum Gasteiger partial charge on any atom is -0.468 e. The fourth-order valence-corrected chi connectivity index (χ4v) is 4.07. The van der Waals surface area contributed by atoms with Gasteiger partial charge in [-0.05, 0) is 43.6 Å². The molecule has 1 aliphatic rings. The number of likely N-dealkylation sites (tertiary alicyclic amines) is 1. The monoisotopic (exact) mass is 548 g/mol. The molecule has 3 aromatic rings. The molecule has 0 radical (unpaired) electrons. The molecule has 172 valence electrons. The van der Waals surface area contributed by atoms with Crippen LogP contribution in [0.15, 0.2) is 70.5 Å². The maximum atomic E-state index is 5.74. The van der Waals surface area contributed by atoms with Crippen molar-refractivity contribution < 1.29 is 4.42 Å². The Hall–Kier alpha value is -2.33. The van der Waals surface area contributed by atoms with Crippen molar-refractivity contribution in [3.63, 3.8) is 0 Å². The van der Waals surface area contributed by atoms with Gasteiger partial charge in [-0.2, -0.15) is 5.10 Å². The van der Waals surface area contributed by atoms with Gasteiger partial charge in [-0.25, -0.2) is 0 Å². The molecule has 2 aromatic heterocycles. The summed E-state index contributed by atoms with van der Waals surface area (Å²) in [7, 11) is 1.80. The smallest absolute Gasteiger partial charge is 0.191 e. The largest absolute Gasteiger partial charge is 0.468 e. The first-order chi connectivity index (χ1) is 15.3. The van der Waals surface area contributed by atoms with Gasteiger partial charge in [-0.15, -0.1) is 24.0 Å². The number of hydrogen-bond donors (Lipinski definition) is 2. The Morgan fingerprint density at radius 1 is 1.06 bits per heavy atom. The van der Waals surface area contributed by atoms with Crippen LogP contribution in [-0.4, -0.2) is 47.3 Å². The number of aliphatic imine (C=N–C) groups is 1. The van der Waals surface area contributed by atoms with Crippen molar-refractivity contribution in [1.82, 2.24) is 25.3 Å². The maximum absolute atomic E-state index is 5.74. The zero-order valence-corrected chi connectivity index (χ0v) is 20.9. The summed E-state index contributed by atoms with van der Waals surface area (Å²) < 4.78 is 7.71. The predicted octanol–water partition coefficient (Wildman–Crippen LogP) is 4.03. The lowest BCUT2D eigenvalue weighted by atomic mass is 10.1. The summed E-state index contributed by atoms with van der Waals surface area (Å²) in [6.07, 6.45) is 9.55. The van der Waals surface area contributed by atoms with Crippen LogP contribution in [0.3, 0.4) is 0 Å². The van der Waals surface area contributed by atoms with E-state index in [1.54, 1.807) is 13.3 Å². The third-order valence-electron chi connectivity index (χ3n) is 5.72. The van der Waals surface area contributed by atoms with Crippen LogP contribution in [0.25, 0.3) is 0 Å². The summed E-state index contributed by atoms with van der Waals surface area (Å²) in [6, 6.07) is 14.6. The molecule has 0 bridgehead atoms. The molecule has 1 aromatic carbocycles. The van der Waals surface area contributed by atoms with E-state index in [0.29, 0.717) is 6.54 Å². The number of guanidine groups is 1. The molecular formula is C24H33IN6O. The lowest BCUT2D eigenvalue weighted by Crippen LogP contribution is -2.44. The Bertz CT molecular complexity index is 935. The summed E-state index contributed by atoms with van der Waals surface area (Å²) in [5, 5.41) is 11.4. The van der Waals surface area contributed by atoms with E-state index in [4.69, 9.17) is 4.42 Å². The number of benzene rings is 1. The molecule has 8 heteroatoms. The third kappa shape index (κ3) is 6.83. The van der Waals surface area contributed by atoms with Gasteiger partial charge in [0.15, 0.2) is 5.96 Å². The fraction of sp³-hybridized carbons (Fsp3) is 0.417. The molecule has 1 saturated heterocycles. The Morgan fingerprint density at radius 2 is 1.88 bits per heavy atom. The Balaban J connectivity index is 0.00000289. The van der Waals surface area contributed by atoms with E-state index >= 15 is 0 Å². The van der Waals surface area contributed by atoms with Gasteiger partial charge in [0.2, 0.25) is 0 Å². The van der Waals surface area contributed by atoms with Gasteiger partial charge in [0.05, 0.1) is 25.0 Å². The van der Waals surface area contributed by atoms with Gasteiger partial charge in [0.25, 0.3) is 0 Å². The highest BCUT2D eigenvalue weighted by Gasteiger charge is 2.24. The molecule has 1 unspecified atom stereocenters. The number of nitrogens with one attached hydrogen (secondary N) is 2. The molecule has 1 fully saturated rings. The van der Waals surface area contributed by atoms with E-state index in [-0.39, 0.29) is 30.0 Å². The molecule has 4 rings (SSSR count). The van der Waals surface area contributed by atoms with Gasteiger partial charge in [-0.3, -0.25) is 14.6 Å². The van der Waals surface area contributed by atoms with Crippen molar-refractivity contribution in [2.24, 2.45) is 4.99 Å². The van der Waals surface area contributed by atoms with Crippen LogP contribution >= 0.6 is 24.0 Å². The van der Waals surface area contributed by atoms with Crippen molar-refractivity contribution in [1.29, 1.82) is 0 Å². The third-order valence-corrected chi connectivity index (χ3v) is 5.72. The highest BCUT2D eigenvalue weighted by Crippen LogP contribution is 2.24. The van der Waals surface area contributed by atoms with Crippen molar-refractivity contribution in [3.8, 4) is 0 Å². The summed E-state index contributed by atoms with van der Waals surface area (Å²) in [4.78, 5) is 6.90. The molecule has 32 heavy (non-hydrogen) atoms. The zero-order valence-electron chi connectivity index (χ0n) is 18.6. The molecule has 2 N–H and O–H groups in total. The normalized spacial score (nSPS) is 15.7. The number of aromatic nitrogens is 2. The number of nitrogens with zero attached hydrogens (tertiary/aromatic N) is 4. The highest BCUT2D eigenvalue weighted by atomic mass is 127. The van der Waals surface area contributed by atoms with Gasteiger partial charge in [0, 0.05) is 31.9 Å². The van der Waals surface area contributed by atoms with Crippen LogP contribution in [0.2, 0.25) is 0 Å². The van der Waals surface area contributed by atoms with Crippen molar-refractivity contribution in [2.75, 3.05) is 26.7 Å². The van der Waals surface area contributed by atoms with Crippen LogP contribution in [-0.2, 0) is 13.1 Å². The second kappa shape index (κ2) is 12.6. The van der Waals surface area contributed by atoms with E-state index in [0.717, 1.165) is 43.5 Å². The topological polar surface area (TPSA) is 70.6 Å². The maximum Gasteiger partial charge on any atom is 0.191 e. The lowest BCUT2D eigenvalue weighted by Gasteiger charge is -2.33. The molecule has 0 spiro atoms. The Kier molecular flexibility index (Phi) is 9.61. The van der Waals surface area contributed by atoms with Gasteiger partial charge < -0.3 is 15.1 Å². The van der Waals surface area contributed by atoms with E-state index in [1.807, 2.05) is 23.0 Å². The minimum absolute atomic E-state index is 0. The first-order valence-corrected chi connectivity index (χ1v) is 11.1. The van der Waals surface area contributed by atoms with E-state index in [9.17, 15) is 0 Å². The minimum atomic E-state index is 0. The first kappa shape index (κ1) is 24.3. The quantitative estimate of drug-likeness (QED) is 0.253. The summed E-state index contributed by atoms with van der Waals surface area (Å²) >= 11 is 0. The first-order valence-electron chi connectivity index (χ1n) is 11.1. The van der Waals surface area contributed by atoms with Crippen LogP contribution < -0.4 is 10.6 Å². The molecular weight excluding hydrogens is 515 g/mol. The summed E-state index contributed by atoms with van der Waals surface area (Å²) in [5.74, 6) is 1.79. The average Bonchev–Trinajstić information content (AvgIpc) is 3.50. The van der Waals surface area contributed by atoms with E-state index in [1.165, 1.54) is 24.8 Å². The van der Waals surface area contributed by atoms with Crippen LogP contribution in [0.1, 0.15) is 42.2 Å². The molecule has 0 amide bonds. The second-order valence-corrected chi connectivity index (χ2v) is 7.97. The zero-order chi connectivity index (χ0) is 21.3. The molecule has 3 heterocycles. The predicted molar refractivity (Wildman–Crippen MR) is 138 cm³/mol. The number of hydrogen-bond acceptors (Lipinski definition) is 4. The standard InChI is InChI=1S/C24H32N6O.HI/c1-25-24(26-15-21-16-28-30(19-21)18-20-9-4-2-5-10-20)27-17-22(23-11-8-14-31-23)29-12-6-3-7-13-29;/h2,4-5,8-11,14,16,19,22H,3,6-7,12-13,15,17-18H2,1H3,(H2,25,26,27);1H. The molecule has 1 atom stereocenters.